The highest BCUT2D eigenvalue weighted by Crippen LogP contribution is 2.20. The molecule has 0 radical (unpaired) electrons. The molecule has 0 saturated heterocycles. The van der Waals surface area contributed by atoms with Crippen LogP contribution in [-0.2, 0) is 0 Å². The molecule has 0 aromatic heterocycles. The van der Waals surface area contributed by atoms with Crippen LogP contribution in [0.25, 0.3) is 6.08 Å². The number of halogens is 1. The van der Waals surface area contributed by atoms with E-state index in [0.29, 0.717) is 16.8 Å². The van der Waals surface area contributed by atoms with E-state index < -0.39 is 4.92 Å². The Bertz CT molecular complexity index is 724. The molecular weight excluding hydrogens is 336 g/mol. The van der Waals surface area contributed by atoms with Crippen molar-refractivity contribution in [2.24, 2.45) is 0 Å². The minimum absolute atomic E-state index is 0.00984. The number of non-ortho nitro benzene ring substituents is 1. The summed E-state index contributed by atoms with van der Waals surface area (Å²) in [7, 11) is 0. The predicted octanol–water partition coefficient (Wildman–Crippen LogP) is 3.84. The first-order valence-electron chi connectivity index (χ1n) is 5.99. The van der Waals surface area contributed by atoms with Crippen LogP contribution in [0.4, 0.5) is 11.4 Å². The Labute approximate surface area is 129 Å². The van der Waals surface area contributed by atoms with Crippen LogP contribution in [0.3, 0.4) is 0 Å². The molecule has 6 heteroatoms. The Morgan fingerprint density at radius 2 is 1.86 bits per heavy atom. The van der Waals surface area contributed by atoms with Crippen LogP contribution >= 0.6 is 15.9 Å². The highest BCUT2D eigenvalue weighted by Gasteiger charge is 2.07. The van der Waals surface area contributed by atoms with E-state index in [1.807, 2.05) is 0 Å². The van der Waals surface area contributed by atoms with Crippen molar-refractivity contribution in [1.29, 1.82) is 0 Å². The molecule has 0 unspecified atom stereocenters. The Hall–Kier alpha value is -2.47. The summed E-state index contributed by atoms with van der Waals surface area (Å²) in [5.41, 5.74) is 7.30. The molecule has 21 heavy (non-hydrogen) atoms. The van der Waals surface area contributed by atoms with Gasteiger partial charge in [0.15, 0.2) is 5.78 Å². The standard InChI is InChI=1S/C15H11BrN2O3/c16-11-4-7-13(14(17)9-11)15(19)8-3-10-1-5-12(6-2-10)18(20)21/h1-9H,17H2. The van der Waals surface area contributed by atoms with Crippen LogP contribution in [0.1, 0.15) is 15.9 Å². The first kappa shape index (κ1) is 14.9. The summed E-state index contributed by atoms with van der Waals surface area (Å²) in [5.74, 6) is -0.224. The van der Waals surface area contributed by atoms with Gasteiger partial charge >= 0.3 is 0 Å². The fraction of sp³-hybridized carbons (Fsp3) is 0. The van der Waals surface area contributed by atoms with E-state index in [1.54, 1.807) is 36.4 Å². The molecule has 5 nitrogen and oxygen atoms in total. The normalized spacial score (nSPS) is 10.7. The fourth-order valence-electron chi connectivity index (χ4n) is 1.73. The lowest BCUT2D eigenvalue weighted by molar-refractivity contribution is -0.384. The van der Waals surface area contributed by atoms with Gasteiger partial charge in [0, 0.05) is 27.9 Å². The van der Waals surface area contributed by atoms with Crippen molar-refractivity contribution in [2.45, 2.75) is 0 Å². The molecule has 0 bridgehead atoms. The zero-order valence-electron chi connectivity index (χ0n) is 10.8. The molecule has 2 rings (SSSR count). The second-order valence-corrected chi connectivity index (χ2v) is 5.19. The summed E-state index contributed by atoms with van der Waals surface area (Å²) in [4.78, 5) is 22.1. The van der Waals surface area contributed by atoms with Gasteiger partial charge in [-0.05, 0) is 42.0 Å². The van der Waals surface area contributed by atoms with Gasteiger partial charge in [-0.15, -0.1) is 0 Å². The van der Waals surface area contributed by atoms with Gasteiger partial charge in [-0.3, -0.25) is 14.9 Å². The van der Waals surface area contributed by atoms with E-state index in [2.05, 4.69) is 15.9 Å². The number of rotatable bonds is 4. The SMILES string of the molecule is Nc1cc(Br)ccc1C(=O)C=Cc1ccc([N+](=O)[O-])cc1. The van der Waals surface area contributed by atoms with Crippen molar-refractivity contribution in [3.05, 3.63) is 74.3 Å². The second-order valence-electron chi connectivity index (χ2n) is 4.28. The van der Waals surface area contributed by atoms with E-state index in [4.69, 9.17) is 5.73 Å². The quantitative estimate of drug-likeness (QED) is 0.299. The number of carbonyl (C=O) groups is 1. The third-order valence-corrected chi connectivity index (χ3v) is 3.30. The molecule has 2 aromatic rings. The number of hydrogen-bond donors (Lipinski definition) is 1. The summed E-state index contributed by atoms with van der Waals surface area (Å²) in [6, 6.07) is 11.0. The van der Waals surface area contributed by atoms with Gasteiger partial charge in [0.2, 0.25) is 0 Å². The number of hydrogen-bond acceptors (Lipinski definition) is 4. The Kier molecular flexibility index (Phi) is 4.49. The molecule has 0 amide bonds. The molecule has 106 valence electrons. The first-order valence-corrected chi connectivity index (χ1v) is 6.78. The van der Waals surface area contributed by atoms with Crippen LogP contribution in [0.5, 0.6) is 0 Å². The van der Waals surface area contributed by atoms with E-state index in [-0.39, 0.29) is 11.5 Å². The minimum Gasteiger partial charge on any atom is -0.398 e. The third-order valence-electron chi connectivity index (χ3n) is 2.81. The van der Waals surface area contributed by atoms with Gasteiger partial charge in [-0.25, -0.2) is 0 Å². The van der Waals surface area contributed by atoms with Crippen LogP contribution in [0.15, 0.2) is 53.0 Å². The number of nitrogens with two attached hydrogens (primary N) is 1. The zero-order valence-corrected chi connectivity index (χ0v) is 12.4. The average Bonchev–Trinajstić information content (AvgIpc) is 2.45. The van der Waals surface area contributed by atoms with Gasteiger partial charge in [-0.1, -0.05) is 22.0 Å². The maximum absolute atomic E-state index is 12.0. The van der Waals surface area contributed by atoms with E-state index in [9.17, 15) is 14.9 Å². The first-order chi connectivity index (χ1) is 9.97. The average molecular weight is 347 g/mol. The van der Waals surface area contributed by atoms with E-state index in [1.165, 1.54) is 18.2 Å². The molecular formula is C15H11BrN2O3. The summed E-state index contributed by atoms with van der Waals surface area (Å²) < 4.78 is 0.802. The third kappa shape index (κ3) is 3.76. The summed E-state index contributed by atoms with van der Waals surface area (Å²) in [6.45, 7) is 0. The highest BCUT2D eigenvalue weighted by molar-refractivity contribution is 9.10. The summed E-state index contributed by atoms with van der Waals surface area (Å²) >= 11 is 3.28. The Morgan fingerprint density at radius 1 is 1.19 bits per heavy atom. The lowest BCUT2D eigenvalue weighted by Gasteiger charge is -2.02. The molecule has 2 aromatic carbocycles. The molecule has 0 spiro atoms. The van der Waals surface area contributed by atoms with Gasteiger partial charge in [0.1, 0.15) is 0 Å². The van der Waals surface area contributed by atoms with Crippen molar-refractivity contribution in [1.82, 2.24) is 0 Å². The second kappa shape index (κ2) is 6.32. The number of ketones is 1. The van der Waals surface area contributed by atoms with Gasteiger partial charge in [0.05, 0.1) is 4.92 Å². The number of nitrogens with zero attached hydrogens (tertiary/aromatic N) is 1. The molecule has 0 saturated carbocycles. The van der Waals surface area contributed by atoms with E-state index in [0.717, 1.165) is 4.47 Å². The number of nitro benzene ring substituents is 1. The number of carbonyl (C=O) groups excluding carboxylic acids is 1. The minimum atomic E-state index is -0.471. The van der Waals surface area contributed by atoms with E-state index >= 15 is 0 Å². The molecule has 0 heterocycles. The van der Waals surface area contributed by atoms with Crippen LogP contribution < -0.4 is 5.73 Å². The summed E-state index contributed by atoms with van der Waals surface area (Å²) in [6.07, 6.45) is 2.98. The maximum atomic E-state index is 12.0. The smallest absolute Gasteiger partial charge is 0.269 e. The molecule has 0 aliphatic carbocycles. The maximum Gasteiger partial charge on any atom is 0.269 e. The van der Waals surface area contributed by atoms with Gasteiger partial charge in [0.25, 0.3) is 5.69 Å². The van der Waals surface area contributed by atoms with Crippen molar-refractivity contribution in [3.63, 3.8) is 0 Å². The molecule has 0 fully saturated rings. The zero-order chi connectivity index (χ0) is 15.4. The Balaban J connectivity index is 2.16. The number of anilines is 1. The van der Waals surface area contributed by atoms with Crippen molar-refractivity contribution >= 4 is 39.2 Å². The molecule has 2 N–H and O–H groups in total. The van der Waals surface area contributed by atoms with Crippen molar-refractivity contribution in [3.8, 4) is 0 Å². The summed E-state index contributed by atoms with van der Waals surface area (Å²) in [5, 5.41) is 10.5. The number of benzene rings is 2. The lowest BCUT2D eigenvalue weighted by Crippen LogP contribution is -2.00. The largest absolute Gasteiger partial charge is 0.398 e. The van der Waals surface area contributed by atoms with Crippen LogP contribution in [0, 0.1) is 10.1 Å². The Morgan fingerprint density at radius 3 is 2.43 bits per heavy atom. The number of nitrogen functional groups attached to an aromatic ring is 1. The molecule has 0 aliphatic rings. The number of nitro groups is 1. The van der Waals surface area contributed by atoms with Gasteiger partial charge in [-0.2, -0.15) is 0 Å². The number of allylic oxidation sites excluding steroid dienone is 1. The van der Waals surface area contributed by atoms with Crippen molar-refractivity contribution < 1.29 is 9.72 Å². The lowest BCUT2D eigenvalue weighted by atomic mass is 10.1. The topological polar surface area (TPSA) is 86.2 Å². The van der Waals surface area contributed by atoms with Crippen LogP contribution in [0.2, 0.25) is 0 Å². The van der Waals surface area contributed by atoms with Gasteiger partial charge < -0.3 is 5.73 Å². The fourth-order valence-corrected chi connectivity index (χ4v) is 2.11. The highest BCUT2D eigenvalue weighted by atomic mass is 79.9. The van der Waals surface area contributed by atoms with Crippen LogP contribution in [-0.4, -0.2) is 10.7 Å². The monoisotopic (exact) mass is 346 g/mol. The molecule has 0 atom stereocenters. The van der Waals surface area contributed by atoms with Crippen molar-refractivity contribution in [2.75, 3.05) is 5.73 Å². The molecule has 0 aliphatic heterocycles. The predicted molar refractivity (Wildman–Crippen MR) is 85.0 cm³/mol.